The number of likely N-dealkylation sites (tertiary alicyclic amines) is 1. The Morgan fingerprint density at radius 3 is 2.70 bits per heavy atom. The Labute approximate surface area is 134 Å². The van der Waals surface area contributed by atoms with Crippen LogP contribution in [0.2, 0.25) is 0 Å². The Morgan fingerprint density at radius 2 is 2.09 bits per heavy atom. The number of rotatable bonds is 6. The quantitative estimate of drug-likeness (QED) is 0.832. The van der Waals surface area contributed by atoms with Crippen LogP contribution in [0.4, 0.5) is 8.78 Å². The Balaban J connectivity index is 1.92. The first kappa shape index (κ1) is 17.6. The SMILES string of the molecule is COc1cc(F)c(C(=O)NCCN2CCCC[C@@H]2CO)c(F)c1. The Bertz CT molecular complexity index is 531. The molecule has 1 atom stereocenters. The van der Waals surface area contributed by atoms with Crippen molar-refractivity contribution >= 4 is 5.91 Å². The molecule has 1 amide bonds. The van der Waals surface area contributed by atoms with Crippen molar-refractivity contribution in [3.05, 3.63) is 29.3 Å². The second-order valence-corrected chi connectivity index (χ2v) is 5.59. The molecule has 1 aromatic rings. The Morgan fingerprint density at radius 1 is 1.39 bits per heavy atom. The van der Waals surface area contributed by atoms with Gasteiger partial charge >= 0.3 is 0 Å². The largest absolute Gasteiger partial charge is 0.497 e. The summed E-state index contributed by atoms with van der Waals surface area (Å²) in [7, 11) is 1.30. The van der Waals surface area contributed by atoms with Gasteiger partial charge in [-0.25, -0.2) is 8.78 Å². The van der Waals surface area contributed by atoms with Crippen molar-refractivity contribution < 1.29 is 23.4 Å². The lowest BCUT2D eigenvalue weighted by Crippen LogP contribution is -2.45. The molecule has 2 N–H and O–H groups in total. The molecule has 23 heavy (non-hydrogen) atoms. The highest BCUT2D eigenvalue weighted by molar-refractivity contribution is 5.94. The van der Waals surface area contributed by atoms with Crippen molar-refractivity contribution in [2.24, 2.45) is 0 Å². The van der Waals surface area contributed by atoms with Gasteiger partial charge in [-0.1, -0.05) is 6.42 Å². The number of carbonyl (C=O) groups excluding carboxylic acids is 1. The third-order valence-corrected chi connectivity index (χ3v) is 4.12. The first-order valence-corrected chi connectivity index (χ1v) is 7.73. The van der Waals surface area contributed by atoms with E-state index in [-0.39, 0.29) is 24.9 Å². The summed E-state index contributed by atoms with van der Waals surface area (Å²) in [5.74, 6) is -2.67. The van der Waals surface area contributed by atoms with Gasteiger partial charge in [0.1, 0.15) is 22.9 Å². The van der Waals surface area contributed by atoms with Gasteiger partial charge in [0.2, 0.25) is 0 Å². The number of hydrogen-bond donors (Lipinski definition) is 2. The van der Waals surface area contributed by atoms with E-state index in [1.165, 1.54) is 7.11 Å². The van der Waals surface area contributed by atoms with Crippen molar-refractivity contribution in [3.8, 4) is 5.75 Å². The smallest absolute Gasteiger partial charge is 0.257 e. The Kier molecular flexibility index (Phi) is 6.29. The van der Waals surface area contributed by atoms with Crippen LogP contribution in [0.1, 0.15) is 29.6 Å². The average molecular weight is 328 g/mol. The molecule has 0 radical (unpaired) electrons. The monoisotopic (exact) mass is 328 g/mol. The molecule has 1 aliphatic heterocycles. The molecule has 0 spiro atoms. The zero-order valence-electron chi connectivity index (χ0n) is 13.1. The molecule has 0 saturated carbocycles. The lowest BCUT2D eigenvalue weighted by molar-refractivity contribution is 0.0845. The van der Waals surface area contributed by atoms with E-state index in [9.17, 15) is 18.7 Å². The standard InChI is InChI=1S/C16H22F2N2O3/c1-23-12-8-13(17)15(14(18)9-12)16(22)19-5-7-20-6-3-2-4-11(20)10-21/h8-9,11,21H,2-7,10H2,1H3,(H,19,22)/t11-/m1/s1. The number of amides is 1. The summed E-state index contributed by atoms with van der Waals surface area (Å²) in [5.41, 5.74) is -0.608. The number of nitrogens with one attached hydrogen (secondary N) is 1. The Hall–Kier alpha value is -1.73. The number of nitrogens with zero attached hydrogens (tertiary/aromatic N) is 1. The summed E-state index contributed by atoms with van der Waals surface area (Å²) in [4.78, 5) is 14.1. The average Bonchev–Trinajstić information content (AvgIpc) is 2.54. The second-order valence-electron chi connectivity index (χ2n) is 5.59. The van der Waals surface area contributed by atoms with E-state index in [2.05, 4.69) is 10.2 Å². The summed E-state index contributed by atoms with van der Waals surface area (Å²) >= 11 is 0. The highest BCUT2D eigenvalue weighted by atomic mass is 19.1. The molecule has 0 unspecified atom stereocenters. The fraction of sp³-hybridized carbons (Fsp3) is 0.562. The molecule has 1 saturated heterocycles. The molecule has 2 rings (SSSR count). The minimum atomic E-state index is -0.953. The van der Waals surface area contributed by atoms with Gasteiger partial charge < -0.3 is 15.2 Å². The molecular weight excluding hydrogens is 306 g/mol. The van der Waals surface area contributed by atoms with E-state index >= 15 is 0 Å². The van der Waals surface area contributed by atoms with Crippen molar-refractivity contribution in [3.63, 3.8) is 0 Å². The molecule has 128 valence electrons. The third kappa shape index (κ3) is 4.39. The van der Waals surface area contributed by atoms with Crippen molar-refractivity contribution in [2.75, 3.05) is 33.4 Å². The number of carbonyl (C=O) groups is 1. The van der Waals surface area contributed by atoms with E-state index in [1.54, 1.807) is 0 Å². The molecule has 0 aliphatic carbocycles. The van der Waals surface area contributed by atoms with Crippen LogP contribution in [0.15, 0.2) is 12.1 Å². The van der Waals surface area contributed by atoms with Crippen molar-refractivity contribution in [1.82, 2.24) is 10.2 Å². The van der Waals surface area contributed by atoms with E-state index in [1.807, 2.05) is 0 Å². The van der Waals surface area contributed by atoms with Crippen LogP contribution in [-0.4, -0.2) is 55.3 Å². The number of benzene rings is 1. The molecule has 1 aliphatic rings. The molecule has 1 heterocycles. The van der Waals surface area contributed by atoms with E-state index in [4.69, 9.17) is 4.74 Å². The topological polar surface area (TPSA) is 61.8 Å². The maximum Gasteiger partial charge on any atom is 0.257 e. The van der Waals surface area contributed by atoms with Crippen LogP contribution in [0.5, 0.6) is 5.75 Å². The number of piperidine rings is 1. The molecule has 5 nitrogen and oxygen atoms in total. The summed E-state index contributed by atoms with van der Waals surface area (Å²) < 4.78 is 32.4. The number of hydrogen-bond acceptors (Lipinski definition) is 4. The molecule has 7 heteroatoms. The number of halogens is 2. The first-order valence-electron chi connectivity index (χ1n) is 7.73. The minimum Gasteiger partial charge on any atom is -0.497 e. The van der Waals surface area contributed by atoms with Crippen LogP contribution in [0, 0.1) is 11.6 Å². The third-order valence-electron chi connectivity index (χ3n) is 4.12. The van der Waals surface area contributed by atoms with E-state index in [0.29, 0.717) is 6.54 Å². The highest BCUT2D eigenvalue weighted by Gasteiger charge is 2.22. The minimum absolute atomic E-state index is 0.0238. The highest BCUT2D eigenvalue weighted by Crippen LogP contribution is 2.20. The summed E-state index contributed by atoms with van der Waals surface area (Å²) in [6, 6.07) is 2.05. The van der Waals surface area contributed by atoms with Gasteiger partial charge in [-0.2, -0.15) is 0 Å². The summed E-state index contributed by atoms with van der Waals surface area (Å²) in [6.07, 6.45) is 3.05. The summed E-state index contributed by atoms with van der Waals surface area (Å²) in [6.45, 7) is 1.73. The lowest BCUT2D eigenvalue weighted by Gasteiger charge is -2.34. The van der Waals surface area contributed by atoms with Crippen molar-refractivity contribution in [1.29, 1.82) is 0 Å². The van der Waals surface area contributed by atoms with Crippen molar-refractivity contribution in [2.45, 2.75) is 25.3 Å². The van der Waals surface area contributed by atoms with Gasteiger partial charge in [-0.3, -0.25) is 9.69 Å². The van der Waals surface area contributed by atoms with Crippen LogP contribution >= 0.6 is 0 Å². The fourth-order valence-corrected chi connectivity index (χ4v) is 2.85. The number of aliphatic hydroxyl groups is 1. The first-order chi connectivity index (χ1) is 11.1. The fourth-order valence-electron chi connectivity index (χ4n) is 2.85. The van der Waals surface area contributed by atoms with Gasteiger partial charge in [0, 0.05) is 31.3 Å². The number of aliphatic hydroxyl groups excluding tert-OH is 1. The van der Waals surface area contributed by atoms with Gasteiger partial charge in [0.25, 0.3) is 5.91 Å². The predicted molar refractivity (Wildman–Crippen MR) is 81.5 cm³/mol. The maximum absolute atomic E-state index is 13.8. The van der Waals surface area contributed by atoms with Crippen LogP contribution in [0.3, 0.4) is 0 Å². The van der Waals surface area contributed by atoms with E-state index in [0.717, 1.165) is 37.9 Å². The molecule has 0 bridgehead atoms. The second kappa shape index (κ2) is 8.21. The number of ether oxygens (including phenoxy) is 1. The zero-order chi connectivity index (χ0) is 16.8. The predicted octanol–water partition coefficient (Wildman–Crippen LogP) is 1.55. The van der Waals surface area contributed by atoms with Gasteiger partial charge in [0.15, 0.2) is 0 Å². The molecular formula is C16H22F2N2O3. The normalized spacial score (nSPS) is 18.7. The van der Waals surface area contributed by atoms with Crippen LogP contribution in [0.25, 0.3) is 0 Å². The van der Waals surface area contributed by atoms with Crippen LogP contribution in [-0.2, 0) is 0 Å². The maximum atomic E-state index is 13.8. The zero-order valence-corrected chi connectivity index (χ0v) is 13.1. The van der Waals surface area contributed by atoms with Gasteiger partial charge in [-0.05, 0) is 19.4 Å². The summed E-state index contributed by atoms with van der Waals surface area (Å²) in [5, 5.41) is 11.9. The van der Waals surface area contributed by atoms with E-state index < -0.39 is 23.1 Å². The molecule has 1 aromatic carbocycles. The van der Waals surface area contributed by atoms with Gasteiger partial charge in [0.05, 0.1) is 13.7 Å². The van der Waals surface area contributed by atoms with Gasteiger partial charge in [-0.15, -0.1) is 0 Å². The lowest BCUT2D eigenvalue weighted by atomic mass is 10.0. The number of methoxy groups -OCH3 is 1. The molecule has 0 aromatic heterocycles. The molecule has 1 fully saturated rings. The van der Waals surface area contributed by atoms with Crippen LogP contribution < -0.4 is 10.1 Å².